The van der Waals surface area contributed by atoms with Crippen molar-refractivity contribution in [1.29, 1.82) is 0 Å². The van der Waals surface area contributed by atoms with Crippen molar-refractivity contribution in [2.45, 2.75) is 57.9 Å². The van der Waals surface area contributed by atoms with E-state index in [2.05, 4.69) is 26.0 Å². The topological polar surface area (TPSA) is 46.3 Å². The number of oxazole rings is 1. The number of nitrogens with zero attached hydrogens (tertiary/aromatic N) is 2. The zero-order valence-electron chi connectivity index (χ0n) is 15.1. The molecule has 132 valence electrons. The second-order valence-electron chi connectivity index (χ2n) is 7.60. The Hall–Kier alpha value is -2.10. The summed E-state index contributed by atoms with van der Waals surface area (Å²) in [6.45, 7) is 5.09. The number of amides is 1. The van der Waals surface area contributed by atoms with Gasteiger partial charge >= 0.3 is 0 Å². The summed E-state index contributed by atoms with van der Waals surface area (Å²) < 4.78 is 6.22. The van der Waals surface area contributed by atoms with Gasteiger partial charge in [0.15, 0.2) is 0 Å². The van der Waals surface area contributed by atoms with Crippen LogP contribution in [0.2, 0.25) is 0 Å². The van der Waals surface area contributed by atoms with E-state index in [1.54, 1.807) is 0 Å². The van der Waals surface area contributed by atoms with Gasteiger partial charge in [-0.3, -0.25) is 4.79 Å². The number of likely N-dealkylation sites (tertiary alicyclic amines) is 1. The van der Waals surface area contributed by atoms with Crippen LogP contribution in [0.25, 0.3) is 11.3 Å². The molecule has 2 aliphatic rings. The Morgan fingerprint density at radius 2 is 1.92 bits per heavy atom. The Morgan fingerprint density at radius 1 is 1.16 bits per heavy atom. The fraction of sp³-hybridized carbons (Fsp3) is 0.524. The molecule has 2 aromatic rings. The number of hydrogen-bond acceptors (Lipinski definition) is 3. The predicted molar refractivity (Wildman–Crippen MR) is 97.1 cm³/mol. The fourth-order valence-corrected chi connectivity index (χ4v) is 3.86. The second-order valence-corrected chi connectivity index (χ2v) is 7.60. The fourth-order valence-electron chi connectivity index (χ4n) is 3.86. The zero-order chi connectivity index (χ0) is 17.4. The average Bonchev–Trinajstić information content (AvgIpc) is 3.20. The van der Waals surface area contributed by atoms with Gasteiger partial charge in [-0.05, 0) is 25.7 Å². The van der Waals surface area contributed by atoms with Gasteiger partial charge in [-0.15, -0.1) is 0 Å². The van der Waals surface area contributed by atoms with E-state index in [4.69, 9.17) is 9.40 Å². The molecule has 1 saturated heterocycles. The molecule has 0 bridgehead atoms. The maximum atomic E-state index is 12.8. The van der Waals surface area contributed by atoms with Crippen molar-refractivity contribution in [2.75, 3.05) is 6.54 Å². The zero-order valence-corrected chi connectivity index (χ0v) is 15.1. The predicted octanol–water partition coefficient (Wildman–Crippen LogP) is 4.93. The number of rotatable bonds is 4. The summed E-state index contributed by atoms with van der Waals surface area (Å²) in [5, 5.41) is 0. The smallest absolute Gasteiger partial charge is 0.226 e. The van der Waals surface area contributed by atoms with E-state index in [9.17, 15) is 4.79 Å². The van der Waals surface area contributed by atoms with Crippen molar-refractivity contribution < 1.29 is 9.21 Å². The molecule has 4 rings (SSSR count). The molecule has 4 nitrogen and oxygen atoms in total. The molecule has 2 heterocycles. The normalized spacial score (nSPS) is 20.9. The molecule has 2 fully saturated rings. The lowest BCUT2D eigenvalue weighted by Crippen LogP contribution is -2.38. The van der Waals surface area contributed by atoms with Crippen molar-refractivity contribution in [2.24, 2.45) is 5.92 Å². The minimum absolute atomic E-state index is 0.00284. The van der Waals surface area contributed by atoms with Gasteiger partial charge in [-0.1, -0.05) is 50.6 Å². The van der Waals surface area contributed by atoms with E-state index in [1.165, 1.54) is 6.42 Å². The molecular formula is C21H26N2O2. The van der Waals surface area contributed by atoms with Crippen LogP contribution in [0, 0.1) is 5.92 Å². The lowest BCUT2D eigenvalue weighted by Gasteiger charge is -2.31. The van der Waals surface area contributed by atoms with Gasteiger partial charge in [-0.25, -0.2) is 4.98 Å². The molecule has 0 N–H and O–H groups in total. The van der Waals surface area contributed by atoms with E-state index in [1.807, 2.05) is 23.1 Å². The van der Waals surface area contributed by atoms with Crippen molar-refractivity contribution in [1.82, 2.24) is 9.88 Å². The van der Waals surface area contributed by atoms with E-state index in [-0.39, 0.29) is 17.9 Å². The van der Waals surface area contributed by atoms with E-state index in [0.29, 0.717) is 11.8 Å². The van der Waals surface area contributed by atoms with Gasteiger partial charge in [-0.2, -0.15) is 0 Å². The van der Waals surface area contributed by atoms with Crippen molar-refractivity contribution in [3.05, 3.63) is 42.0 Å². The van der Waals surface area contributed by atoms with Crippen LogP contribution in [0.5, 0.6) is 0 Å². The Balaban J connectivity index is 1.67. The van der Waals surface area contributed by atoms with Crippen LogP contribution in [0.3, 0.4) is 0 Å². The molecular weight excluding hydrogens is 312 g/mol. The van der Waals surface area contributed by atoms with Crippen LogP contribution in [0.4, 0.5) is 0 Å². The number of benzene rings is 1. The van der Waals surface area contributed by atoms with Gasteiger partial charge in [0.25, 0.3) is 0 Å². The number of carbonyl (C=O) groups excluding carboxylic acids is 1. The third-order valence-electron chi connectivity index (χ3n) is 5.52. The number of aromatic nitrogens is 1. The highest BCUT2D eigenvalue weighted by Gasteiger charge is 2.38. The first-order chi connectivity index (χ1) is 12.1. The summed E-state index contributed by atoms with van der Waals surface area (Å²) in [6, 6.07) is 10.2. The molecule has 1 atom stereocenters. The quantitative estimate of drug-likeness (QED) is 0.794. The van der Waals surface area contributed by atoms with Crippen LogP contribution in [-0.4, -0.2) is 22.3 Å². The monoisotopic (exact) mass is 338 g/mol. The largest absolute Gasteiger partial charge is 0.442 e. The highest BCUT2D eigenvalue weighted by atomic mass is 16.4. The first-order valence-electron chi connectivity index (χ1n) is 9.51. The molecule has 1 aromatic carbocycles. The summed E-state index contributed by atoms with van der Waals surface area (Å²) in [7, 11) is 0. The van der Waals surface area contributed by atoms with Gasteiger partial charge in [0.1, 0.15) is 17.5 Å². The molecule has 4 heteroatoms. The average molecular weight is 338 g/mol. The molecule has 1 amide bonds. The molecule has 1 aliphatic heterocycles. The highest BCUT2D eigenvalue weighted by molar-refractivity contribution is 5.80. The molecule has 1 aromatic heterocycles. The summed E-state index contributed by atoms with van der Waals surface area (Å²) >= 11 is 0. The van der Waals surface area contributed by atoms with Crippen molar-refractivity contribution >= 4 is 5.91 Å². The first kappa shape index (κ1) is 16.4. The van der Waals surface area contributed by atoms with E-state index < -0.39 is 0 Å². The van der Waals surface area contributed by atoms with Gasteiger partial charge < -0.3 is 9.32 Å². The second kappa shape index (κ2) is 6.66. The maximum Gasteiger partial charge on any atom is 0.226 e. The highest BCUT2D eigenvalue weighted by Crippen LogP contribution is 2.39. The van der Waals surface area contributed by atoms with Gasteiger partial charge in [0, 0.05) is 23.9 Å². The molecule has 0 spiro atoms. The lowest BCUT2D eigenvalue weighted by molar-refractivity contribution is -0.139. The SMILES string of the molecule is CC(C)c1oc(C2CCCN2C(=O)C2CCC2)nc1-c1ccccc1. The molecule has 1 unspecified atom stereocenters. The molecule has 1 saturated carbocycles. The van der Waals surface area contributed by atoms with Crippen LogP contribution < -0.4 is 0 Å². The standard InChI is InChI=1S/C21H26N2O2/c1-14(2)19-18(15-8-4-3-5-9-15)22-20(25-19)17-12-7-13-23(17)21(24)16-10-6-11-16/h3-5,8-9,14,16-17H,6-7,10-13H2,1-2H3. The third-order valence-corrected chi connectivity index (χ3v) is 5.52. The number of carbonyl (C=O) groups is 1. The van der Waals surface area contributed by atoms with E-state index in [0.717, 1.165) is 49.2 Å². The Kier molecular flexibility index (Phi) is 4.36. The van der Waals surface area contributed by atoms with Crippen molar-refractivity contribution in [3.63, 3.8) is 0 Å². The van der Waals surface area contributed by atoms with E-state index >= 15 is 0 Å². The summed E-state index contributed by atoms with van der Waals surface area (Å²) in [5.74, 6) is 2.43. The Bertz CT molecular complexity index is 747. The van der Waals surface area contributed by atoms with Crippen LogP contribution in [0.1, 0.15) is 69.6 Å². The first-order valence-corrected chi connectivity index (χ1v) is 9.51. The Morgan fingerprint density at radius 3 is 2.56 bits per heavy atom. The van der Waals surface area contributed by atoms with Crippen LogP contribution in [-0.2, 0) is 4.79 Å². The van der Waals surface area contributed by atoms with Crippen LogP contribution in [0.15, 0.2) is 34.7 Å². The minimum Gasteiger partial charge on any atom is -0.442 e. The van der Waals surface area contributed by atoms with Gasteiger partial charge in [0.05, 0.1) is 0 Å². The molecule has 25 heavy (non-hydrogen) atoms. The number of hydrogen-bond donors (Lipinski definition) is 0. The third kappa shape index (κ3) is 2.99. The summed E-state index contributed by atoms with van der Waals surface area (Å²) in [5.41, 5.74) is 2.00. The lowest BCUT2D eigenvalue weighted by atomic mass is 9.84. The summed E-state index contributed by atoms with van der Waals surface area (Å²) in [6.07, 6.45) is 5.25. The minimum atomic E-state index is 0.00284. The molecule has 0 radical (unpaired) electrons. The summed E-state index contributed by atoms with van der Waals surface area (Å²) in [4.78, 5) is 19.6. The maximum absolute atomic E-state index is 12.8. The van der Waals surface area contributed by atoms with Crippen LogP contribution >= 0.6 is 0 Å². The van der Waals surface area contributed by atoms with Crippen molar-refractivity contribution in [3.8, 4) is 11.3 Å². The van der Waals surface area contributed by atoms with Gasteiger partial charge in [0.2, 0.25) is 11.8 Å². The Labute approximate surface area is 149 Å². The molecule has 1 aliphatic carbocycles.